The van der Waals surface area contributed by atoms with E-state index in [1.807, 2.05) is 6.92 Å². The van der Waals surface area contributed by atoms with Gasteiger partial charge >= 0.3 is 5.97 Å². The van der Waals surface area contributed by atoms with E-state index in [1.165, 1.54) is 7.11 Å². The Bertz CT molecular complexity index is 225. The molecule has 1 fully saturated rings. The van der Waals surface area contributed by atoms with E-state index in [0.29, 0.717) is 11.8 Å². The molecule has 0 aromatic carbocycles. The van der Waals surface area contributed by atoms with Crippen LogP contribution in [0.25, 0.3) is 0 Å². The first-order valence-electron chi connectivity index (χ1n) is 5.70. The molecule has 3 heteroatoms. The predicted molar refractivity (Wildman–Crippen MR) is 58.5 cm³/mol. The molecular formula is C12H22O3. The smallest absolute Gasteiger partial charge is 0.311 e. The average Bonchev–Trinajstić information content (AvgIpc) is 2.58. The van der Waals surface area contributed by atoms with Gasteiger partial charge in [-0.2, -0.15) is 0 Å². The monoisotopic (exact) mass is 214 g/mol. The number of esters is 1. The summed E-state index contributed by atoms with van der Waals surface area (Å²) in [4.78, 5) is 11.5. The van der Waals surface area contributed by atoms with Crippen LogP contribution < -0.4 is 0 Å². The number of carbonyl (C=O) groups is 1. The van der Waals surface area contributed by atoms with Crippen LogP contribution in [0, 0.1) is 17.8 Å². The zero-order valence-corrected chi connectivity index (χ0v) is 10.3. The number of methoxy groups -OCH3 is 1. The molecule has 0 saturated carbocycles. The molecule has 1 heterocycles. The molecular weight excluding hydrogens is 192 g/mol. The van der Waals surface area contributed by atoms with Gasteiger partial charge in [0.15, 0.2) is 0 Å². The van der Waals surface area contributed by atoms with Crippen molar-refractivity contribution in [3.63, 3.8) is 0 Å². The molecule has 0 aromatic heterocycles. The highest BCUT2D eigenvalue weighted by Gasteiger charge is 2.40. The Hall–Kier alpha value is -0.570. The van der Waals surface area contributed by atoms with Gasteiger partial charge in [0, 0.05) is 0 Å². The second-order valence-corrected chi connectivity index (χ2v) is 4.87. The van der Waals surface area contributed by atoms with Gasteiger partial charge in [-0.1, -0.05) is 13.8 Å². The van der Waals surface area contributed by atoms with E-state index in [-0.39, 0.29) is 24.1 Å². The van der Waals surface area contributed by atoms with Crippen molar-refractivity contribution in [1.82, 2.24) is 0 Å². The molecule has 3 nitrogen and oxygen atoms in total. The Labute approximate surface area is 92.1 Å². The van der Waals surface area contributed by atoms with Gasteiger partial charge < -0.3 is 9.47 Å². The molecule has 15 heavy (non-hydrogen) atoms. The Balaban J connectivity index is 2.70. The molecule has 1 aliphatic heterocycles. The summed E-state index contributed by atoms with van der Waals surface area (Å²) in [5, 5.41) is 0. The number of ether oxygens (including phenoxy) is 2. The highest BCUT2D eigenvalue weighted by atomic mass is 16.5. The molecule has 0 N–H and O–H groups in total. The van der Waals surface area contributed by atoms with Crippen LogP contribution in [-0.2, 0) is 14.3 Å². The molecule has 1 saturated heterocycles. The van der Waals surface area contributed by atoms with Gasteiger partial charge in [0.1, 0.15) is 0 Å². The SMILES string of the molecule is COC(=O)[C@H](C)[C@@H]1O[C@H](C)C[C@H]1C(C)C. The van der Waals surface area contributed by atoms with Crippen molar-refractivity contribution in [3.05, 3.63) is 0 Å². The maximum atomic E-state index is 11.5. The fraction of sp³-hybridized carbons (Fsp3) is 0.917. The fourth-order valence-corrected chi connectivity index (χ4v) is 2.40. The number of hydrogen-bond donors (Lipinski definition) is 0. The number of hydrogen-bond acceptors (Lipinski definition) is 3. The fourth-order valence-electron chi connectivity index (χ4n) is 2.40. The highest BCUT2D eigenvalue weighted by molar-refractivity contribution is 5.72. The van der Waals surface area contributed by atoms with E-state index in [2.05, 4.69) is 20.8 Å². The summed E-state index contributed by atoms with van der Waals surface area (Å²) in [6.07, 6.45) is 1.32. The van der Waals surface area contributed by atoms with Crippen molar-refractivity contribution in [1.29, 1.82) is 0 Å². The number of carbonyl (C=O) groups excluding carboxylic acids is 1. The van der Waals surface area contributed by atoms with Crippen LogP contribution in [-0.4, -0.2) is 25.3 Å². The van der Waals surface area contributed by atoms with E-state index >= 15 is 0 Å². The Morgan fingerprint density at radius 1 is 1.40 bits per heavy atom. The third-order valence-electron chi connectivity index (χ3n) is 3.34. The minimum absolute atomic E-state index is 0.0208. The Morgan fingerprint density at radius 3 is 2.47 bits per heavy atom. The van der Waals surface area contributed by atoms with Crippen molar-refractivity contribution in [2.75, 3.05) is 7.11 Å². The molecule has 0 amide bonds. The van der Waals surface area contributed by atoms with E-state index in [4.69, 9.17) is 9.47 Å². The maximum Gasteiger partial charge on any atom is 0.311 e. The first-order valence-corrected chi connectivity index (χ1v) is 5.70. The second kappa shape index (κ2) is 4.97. The lowest BCUT2D eigenvalue weighted by Crippen LogP contribution is -2.33. The zero-order chi connectivity index (χ0) is 11.6. The Kier molecular flexibility index (Phi) is 4.14. The van der Waals surface area contributed by atoms with Gasteiger partial charge in [0.2, 0.25) is 0 Å². The summed E-state index contributed by atoms with van der Waals surface area (Å²) in [6.45, 7) is 8.33. The van der Waals surface area contributed by atoms with Crippen molar-refractivity contribution in [3.8, 4) is 0 Å². The largest absolute Gasteiger partial charge is 0.469 e. The first-order chi connectivity index (χ1) is 6.97. The van der Waals surface area contributed by atoms with Crippen molar-refractivity contribution >= 4 is 5.97 Å². The summed E-state index contributed by atoms with van der Waals surface area (Å²) >= 11 is 0. The standard InChI is InChI=1S/C12H22O3/c1-7(2)10-6-8(3)15-11(10)9(4)12(13)14-5/h7-11H,6H2,1-5H3/t8-,9-,10+,11+/m1/s1. The minimum atomic E-state index is -0.167. The topological polar surface area (TPSA) is 35.5 Å². The van der Waals surface area contributed by atoms with Crippen LogP contribution in [0.1, 0.15) is 34.1 Å². The van der Waals surface area contributed by atoms with Crippen LogP contribution in [0.3, 0.4) is 0 Å². The zero-order valence-electron chi connectivity index (χ0n) is 10.3. The molecule has 0 unspecified atom stereocenters. The molecule has 88 valence electrons. The van der Waals surface area contributed by atoms with Crippen LogP contribution in [0.2, 0.25) is 0 Å². The number of rotatable bonds is 3. The second-order valence-electron chi connectivity index (χ2n) is 4.87. The van der Waals surface area contributed by atoms with Gasteiger partial charge in [-0.25, -0.2) is 0 Å². The van der Waals surface area contributed by atoms with Crippen LogP contribution in [0.5, 0.6) is 0 Å². The van der Waals surface area contributed by atoms with Gasteiger partial charge in [0.25, 0.3) is 0 Å². The average molecular weight is 214 g/mol. The van der Waals surface area contributed by atoms with E-state index < -0.39 is 0 Å². The molecule has 0 radical (unpaired) electrons. The van der Waals surface area contributed by atoms with Crippen molar-refractivity contribution in [2.24, 2.45) is 17.8 Å². The van der Waals surface area contributed by atoms with Crippen molar-refractivity contribution in [2.45, 2.75) is 46.3 Å². The van der Waals surface area contributed by atoms with E-state index in [9.17, 15) is 4.79 Å². The van der Waals surface area contributed by atoms with Crippen LogP contribution in [0.15, 0.2) is 0 Å². The molecule has 0 aliphatic carbocycles. The van der Waals surface area contributed by atoms with E-state index in [1.54, 1.807) is 0 Å². The Morgan fingerprint density at radius 2 is 2.00 bits per heavy atom. The van der Waals surface area contributed by atoms with Crippen LogP contribution in [0.4, 0.5) is 0 Å². The first kappa shape index (κ1) is 12.5. The molecule has 4 atom stereocenters. The molecule has 0 spiro atoms. The third kappa shape index (κ3) is 2.71. The van der Waals surface area contributed by atoms with Crippen LogP contribution >= 0.6 is 0 Å². The van der Waals surface area contributed by atoms with Gasteiger partial charge in [-0.15, -0.1) is 0 Å². The summed E-state index contributed by atoms with van der Waals surface area (Å²) in [7, 11) is 1.43. The lowest BCUT2D eigenvalue weighted by Gasteiger charge is -2.25. The normalized spacial score (nSPS) is 33.1. The minimum Gasteiger partial charge on any atom is -0.469 e. The molecule has 1 rings (SSSR count). The van der Waals surface area contributed by atoms with Gasteiger partial charge in [-0.3, -0.25) is 4.79 Å². The maximum absolute atomic E-state index is 11.5. The summed E-state index contributed by atoms with van der Waals surface area (Å²) in [5.74, 6) is 0.688. The predicted octanol–water partition coefficient (Wildman–Crippen LogP) is 2.25. The summed E-state index contributed by atoms with van der Waals surface area (Å²) in [6, 6.07) is 0. The summed E-state index contributed by atoms with van der Waals surface area (Å²) < 4.78 is 10.6. The van der Waals surface area contributed by atoms with Crippen molar-refractivity contribution < 1.29 is 14.3 Å². The van der Waals surface area contributed by atoms with E-state index in [0.717, 1.165) is 6.42 Å². The molecule has 0 bridgehead atoms. The quantitative estimate of drug-likeness (QED) is 0.676. The lowest BCUT2D eigenvalue weighted by molar-refractivity contribution is -0.151. The molecule has 1 aliphatic rings. The lowest BCUT2D eigenvalue weighted by atomic mass is 9.83. The molecule has 0 aromatic rings. The third-order valence-corrected chi connectivity index (χ3v) is 3.34. The highest BCUT2D eigenvalue weighted by Crippen LogP contribution is 2.36. The van der Waals surface area contributed by atoms with Gasteiger partial charge in [-0.05, 0) is 32.1 Å². The summed E-state index contributed by atoms with van der Waals surface area (Å²) in [5.41, 5.74) is 0. The van der Waals surface area contributed by atoms with Gasteiger partial charge in [0.05, 0.1) is 25.2 Å².